The summed E-state index contributed by atoms with van der Waals surface area (Å²) in [5.74, 6) is 0.795. The molecule has 0 aliphatic rings. The first-order valence-corrected chi connectivity index (χ1v) is 8.08. The highest BCUT2D eigenvalue weighted by Crippen LogP contribution is 2.14. The largest absolute Gasteiger partial charge is 0.489 e. The molecule has 0 aliphatic heterocycles. The highest BCUT2D eigenvalue weighted by Gasteiger charge is 2.06. The quantitative estimate of drug-likeness (QED) is 0.698. The van der Waals surface area contributed by atoms with E-state index in [0.717, 1.165) is 16.9 Å². The Balaban J connectivity index is 1.74. The predicted molar refractivity (Wildman–Crippen MR) is 93.8 cm³/mol. The summed E-state index contributed by atoms with van der Waals surface area (Å²) in [4.78, 5) is 11.7. The highest BCUT2D eigenvalue weighted by molar-refractivity contribution is 5.74. The average Bonchev–Trinajstić information content (AvgIpc) is 2.60. The van der Waals surface area contributed by atoms with Crippen LogP contribution in [-0.4, -0.2) is 23.8 Å². The molecule has 3 N–H and O–H groups in total. The number of benzene rings is 2. The Hall–Kier alpha value is -2.53. The van der Waals surface area contributed by atoms with Crippen LogP contribution in [0.5, 0.6) is 5.75 Å². The number of aliphatic hydroxyl groups excluding tert-OH is 1. The Morgan fingerprint density at radius 1 is 1.08 bits per heavy atom. The van der Waals surface area contributed by atoms with Crippen molar-refractivity contribution in [1.29, 1.82) is 0 Å². The Labute approximate surface area is 142 Å². The summed E-state index contributed by atoms with van der Waals surface area (Å²) in [6, 6.07) is 17.4. The van der Waals surface area contributed by atoms with Gasteiger partial charge in [-0.25, -0.2) is 4.79 Å². The van der Waals surface area contributed by atoms with Gasteiger partial charge in [0, 0.05) is 19.2 Å². The van der Waals surface area contributed by atoms with E-state index in [-0.39, 0.29) is 18.7 Å². The lowest BCUT2D eigenvalue weighted by Crippen LogP contribution is -2.40. The lowest BCUT2D eigenvalue weighted by Gasteiger charge is -2.13. The number of rotatable bonds is 8. The molecule has 2 rings (SSSR count). The molecule has 0 heterocycles. The fourth-order valence-electron chi connectivity index (χ4n) is 2.17. The van der Waals surface area contributed by atoms with E-state index in [0.29, 0.717) is 19.6 Å². The lowest BCUT2D eigenvalue weighted by molar-refractivity contribution is 0.230. The van der Waals surface area contributed by atoms with Crippen LogP contribution >= 0.6 is 0 Å². The molecule has 2 aromatic carbocycles. The van der Waals surface area contributed by atoms with Crippen LogP contribution in [0.15, 0.2) is 54.6 Å². The fourth-order valence-corrected chi connectivity index (χ4v) is 2.17. The van der Waals surface area contributed by atoms with Crippen molar-refractivity contribution in [3.8, 4) is 5.75 Å². The summed E-state index contributed by atoms with van der Waals surface area (Å²) in [6.45, 7) is 2.89. The molecule has 2 aromatic rings. The summed E-state index contributed by atoms with van der Waals surface area (Å²) in [5.41, 5.74) is 2.11. The zero-order valence-electron chi connectivity index (χ0n) is 13.9. The molecule has 5 heteroatoms. The fraction of sp³-hybridized carbons (Fsp3) is 0.316. The second-order valence-corrected chi connectivity index (χ2v) is 5.66. The number of ether oxygens (including phenoxy) is 1. The minimum absolute atomic E-state index is 0.0521. The van der Waals surface area contributed by atoms with Crippen molar-refractivity contribution in [1.82, 2.24) is 10.6 Å². The van der Waals surface area contributed by atoms with Crippen molar-refractivity contribution in [2.24, 2.45) is 0 Å². The summed E-state index contributed by atoms with van der Waals surface area (Å²) in [5, 5.41) is 14.4. The number of amides is 2. The van der Waals surface area contributed by atoms with Gasteiger partial charge >= 0.3 is 6.03 Å². The van der Waals surface area contributed by atoms with Crippen LogP contribution in [0.25, 0.3) is 0 Å². The number of hydrogen-bond donors (Lipinski definition) is 3. The molecule has 0 aromatic heterocycles. The maximum Gasteiger partial charge on any atom is 0.315 e. The Kier molecular flexibility index (Phi) is 7.11. The van der Waals surface area contributed by atoms with Gasteiger partial charge in [-0.1, -0.05) is 42.5 Å². The van der Waals surface area contributed by atoms with Gasteiger partial charge in [0.1, 0.15) is 12.4 Å². The van der Waals surface area contributed by atoms with E-state index >= 15 is 0 Å². The molecule has 24 heavy (non-hydrogen) atoms. The first-order valence-electron chi connectivity index (χ1n) is 8.08. The van der Waals surface area contributed by atoms with Crippen molar-refractivity contribution in [3.05, 3.63) is 65.7 Å². The van der Waals surface area contributed by atoms with Crippen molar-refractivity contribution >= 4 is 6.03 Å². The van der Waals surface area contributed by atoms with E-state index in [1.54, 1.807) is 0 Å². The number of carbonyl (C=O) groups is 1. The van der Waals surface area contributed by atoms with Crippen molar-refractivity contribution in [2.75, 3.05) is 6.61 Å². The molecular formula is C19H24N2O3. The Morgan fingerprint density at radius 3 is 2.46 bits per heavy atom. The maximum absolute atomic E-state index is 11.7. The predicted octanol–water partition coefficient (Wildman–Crippen LogP) is 2.84. The van der Waals surface area contributed by atoms with Crippen molar-refractivity contribution < 1.29 is 14.6 Å². The van der Waals surface area contributed by atoms with Crippen LogP contribution in [-0.2, 0) is 13.2 Å². The second-order valence-electron chi connectivity index (χ2n) is 5.66. The van der Waals surface area contributed by atoms with Crippen LogP contribution in [0.2, 0.25) is 0 Å². The zero-order chi connectivity index (χ0) is 17.2. The summed E-state index contributed by atoms with van der Waals surface area (Å²) >= 11 is 0. The molecule has 0 aliphatic carbocycles. The van der Waals surface area contributed by atoms with Crippen LogP contribution in [0, 0.1) is 0 Å². The van der Waals surface area contributed by atoms with Gasteiger partial charge in [0.05, 0.1) is 0 Å². The third-order valence-electron chi connectivity index (χ3n) is 3.56. The molecule has 0 saturated carbocycles. The minimum atomic E-state index is -0.236. The topological polar surface area (TPSA) is 70.6 Å². The van der Waals surface area contributed by atoms with E-state index in [1.807, 2.05) is 61.5 Å². The van der Waals surface area contributed by atoms with E-state index in [4.69, 9.17) is 9.84 Å². The van der Waals surface area contributed by atoms with Crippen LogP contribution in [0.4, 0.5) is 4.79 Å². The van der Waals surface area contributed by atoms with Gasteiger partial charge in [0.25, 0.3) is 0 Å². The summed E-state index contributed by atoms with van der Waals surface area (Å²) in [7, 11) is 0. The first kappa shape index (κ1) is 17.8. The molecular weight excluding hydrogens is 304 g/mol. The van der Waals surface area contributed by atoms with Gasteiger partial charge < -0.3 is 20.5 Å². The molecule has 0 spiro atoms. The molecule has 5 nitrogen and oxygen atoms in total. The molecule has 0 bridgehead atoms. The molecule has 1 atom stereocenters. The second kappa shape index (κ2) is 9.57. The van der Waals surface area contributed by atoms with Crippen molar-refractivity contribution in [2.45, 2.75) is 32.5 Å². The highest BCUT2D eigenvalue weighted by atomic mass is 16.5. The Bertz CT molecular complexity index is 614. The van der Waals surface area contributed by atoms with E-state index in [1.165, 1.54) is 0 Å². The third kappa shape index (κ3) is 6.30. The number of aliphatic hydroxyl groups is 1. The van der Waals surface area contributed by atoms with Gasteiger partial charge in [-0.15, -0.1) is 0 Å². The minimum Gasteiger partial charge on any atom is -0.489 e. The number of nitrogens with one attached hydrogen (secondary N) is 2. The normalized spacial score (nSPS) is 11.6. The zero-order valence-corrected chi connectivity index (χ0v) is 13.9. The van der Waals surface area contributed by atoms with E-state index in [9.17, 15) is 4.79 Å². The average molecular weight is 328 g/mol. The number of hydrogen-bond acceptors (Lipinski definition) is 3. The van der Waals surface area contributed by atoms with Gasteiger partial charge in [-0.05, 0) is 36.6 Å². The van der Waals surface area contributed by atoms with Crippen LogP contribution in [0.1, 0.15) is 24.5 Å². The van der Waals surface area contributed by atoms with Gasteiger partial charge in [0.2, 0.25) is 0 Å². The summed E-state index contributed by atoms with van der Waals surface area (Å²) in [6.07, 6.45) is 0.543. The summed E-state index contributed by atoms with van der Waals surface area (Å²) < 4.78 is 5.73. The van der Waals surface area contributed by atoms with Gasteiger partial charge in [0.15, 0.2) is 0 Å². The number of carbonyl (C=O) groups excluding carboxylic acids is 1. The molecule has 0 radical (unpaired) electrons. The standard InChI is InChI=1S/C19H24N2O3/c1-15(11-12-22)21-19(23)20-13-16-7-9-18(10-8-16)24-14-17-5-3-2-4-6-17/h2-10,15,22H,11-14H2,1H3,(H2,20,21,23)/t15-/m1/s1. The number of urea groups is 1. The van der Waals surface area contributed by atoms with Crippen LogP contribution in [0.3, 0.4) is 0 Å². The first-order chi connectivity index (χ1) is 11.7. The molecule has 0 unspecified atom stereocenters. The maximum atomic E-state index is 11.7. The lowest BCUT2D eigenvalue weighted by atomic mass is 10.2. The van der Waals surface area contributed by atoms with Crippen molar-refractivity contribution in [3.63, 3.8) is 0 Å². The van der Waals surface area contributed by atoms with E-state index in [2.05, 4.69) is 10.6 Å². The smallest absolute Gasteiger partial charge is 0.315 e. The van der Waals surface area contributed by atoms with Crippen LogP contribution < -0.4 is 15.4 Å². The Morgan fingerprint density at radius 2 is 1.79 bits per heavy atom. The van der Waals surface area contributed by atoms with E-state index < -0.39 is 0 Å². The molecule has 0 fully saturated rings. The SMILES string of the molecule is C[C@H](CCO)NC(=O)NCc1ccc(OCc2ccccc2)cc1. The molecule has 0 saturated heterocycles. The third-order valence-corrected chi connectivity index (χ3v) is 3.56. The molecule has 2 amide bonds. The monoisotopic (exact) mass is 328 g/mol. The van der Waals surface area contributed by atoms with Gasteiger partial charge in [-0.3, -0.25) is 0 Å². The van der Waals surface area contributed by atoms with Gasteiger partial charge in [-0.2, -0.15) is 0 Å². The molecule has 128 valence electrons.